The van der Waals surface area contributed by atoms with E-state index in [1.165, 1.54) is 0 Å². The first-order chi connectivity index (χ1) is 6.13. The maximum absolute atomic E-state index is 10.0. The fourth-order valence-corrected chi connectivity index (χ4v) is 0.799. The largest absolute Gasteiger partial charge is 0.150 e. The SMILES string of the molecule is C=C/C=C\C(=C)/C(C)=C(\C)CN=O. The van der Waals surface area contributed by atoms with Crippen LogP contribution in [0.4, 0.5) is 0 Å². The van der Waals surface area contributed by atoms with Gasteiger partial charge in [-0.3, -0.25) is 0 Å². The molecule has 0 aliphatic rings. The van der Waals surface area contributed by atoms with Crippen LogP contribution in [-0.2, 0) is 0 Å². The standard InChI is InChI=1S/C11H15NO/c1-5-6-7-9(2)11(4)10(3)8-12-13/h5-7H,1-2,8H2,3-4H3/b7-6-,11-10+. The normalized spacial score (nSPS) is 12.5. The van der Waals surface area contributed by atoms with Crippen LogP contribution in [0.1, 0.15) is 13.8 Å². The van der Waals surface area contributed by atoms with Crippen LogP contribution in [0.3, 0.4) is 0 Å². The Kier molecular flexibility index (Phi) is 5.44. The molecule has 0 bridgehead atoms. The summed E-state index contributed by atoms with van der Waals surface area (Å²) >= 11 is 0. The molecule has 0 aliphatic heterocycles. The lowest BCUT2D eigenvalue weighted by molar-refractivity contribution is 1.09. The highest BCUT2D eigenvalue weighted by Crippen LogP contribution is 2.13. The molecule has 0 spiro atoms. The van der Waals surface area contributed by atoms with Crippen LogP contribution in [0.25, 0.3) is 0 Å². The van der Waals surface area contributed by atoms with E-state index in [0.29, 0.717) is 0 Å². The van der Waals surface area contributed by atoms with Crippen molar-refractivity contribution < 1.29 is 0 Å². The quantitative estimate of drug-likeness (QED) is 0.467. The number of hydrogen-bond acceptors (Lipinski definition) is 2. The molecule has 0 atom stereocenters. The molecule has 0 saturated carbocycles. The van der Waals surface area contributed by atoms with Crippen molar-refractivity contribution in [2.24, 2.45) is 5.18 Å². The number of rotatable bonds is 5. The Morgan fingerprint density at radius 3 is 2.54 bits per heavy atom. The Bertz CT molecular complexity index is 272. The summed E-state index contributed by atoms with van der Waals surface area (Å²) in [7, 11) is 0. The monoisotopic (exact) mass is 177 g/mol. The third-order valence-corrected chi connectivity index (χ3v) is 1.86. The third kappa shape index (κ3) is 4.21. The fraction of sp³-hybridized carbons (Fsp3) is 0.273. The van der Waals surface area contributed by atoms with Crippen molar-refractivity contribution in [1.82, 2.24) is 0 Å². The number of allylic oxidation sites excluding steroid dienone is 5. The van der Waals surface area contributed by atoms with E-state index in [9.17, 15) is 4.91 Å². The van der Waals surface area contributed by atoms with Gasteiger partial charge in [0.15, 0.2) is 0 Å². The highest BCUT2D eigenvalue weighted by molar-refractivity contribution is 5.39. The van der Waals surface area contributed by atoms with Gasteiger partial charge in [-0.2, -0.15) is 4.91 Å². The summed E-state index contributed by atoms with van der Waals surface area (Å²) in [4.78, 5) is 10.0. The van der Waals surface area contributed by atoms with E-state index >= 15 is 0 Å². The van der Waals surface area contributed by atoms with E-state index in [1.54, 1.807) is 6.08 Å². The van der Waals surface area contributed by atoms with Crippen molar-refractivity contribution in [2.75, 3.05) is 6.54 Å². The Hall–Kier alpha value is -1.44. The van der Waals surface area contributed by atoms with Crippen molar-refractivity contribution in [3.8, 4) is 0 Å². The highest BCUT2D eigenvalue weighted by atomic mass is 16.3. The second-order valence-electron chi connectivity index (χ2n) is 2.81. The first-order valence-corrected chi connectivity index (χ1v) is 4.07. The van der Waals surface area contributed by atoms with Crippen LogP contribution in [0.5, 0.6) is 0 Å². The lowest BCUT2D eigenvalue weighted by atomic mass is 10.0. The second-order valence-corrected chi connectivity index (χ2v) is 2.81. The molecule has 0 aromatic rings. The predicted octanol–water partition coefficient (Wildman–Crippen LogP) is 3.39. The van der Waals surface area contributed by atoms with Crippen molar-refractivity contribution in [3.63, 3.8) is 0 Å². The van der Waals surface area contributed by atoms with Gasteiger partial charge < -0.3 is 0 Å². The van der Waals surface area contributed by atoms with E-state index in [-0.39, 0.29) is 6.54 Å². The van der Waals surface area contributed by atoms with Crippen LogP contribution in [0.15, 0.2) is 53.3 Å². The molecule has 0 heterocycles. The average molecular weight is 177 g/mol. The molecule has 0 fully saturated rings. The maximum Gasteiger partial charge on any atom is 0.102 e. The Morgan fingerprint density at radius 2 is 2.08 bits per heavy atom. The summed E-state index contributed by atoms with van der Waals surface area (Å²) in [6.45, 7) is 11.5. The van der Waals surface area contributed by atoms with Crippen LogP contribution in [0.2, 0.25) is 0 Å². The minimum atomic E-state index is 0.229. The molecule has 2 nitrogen and oxygen atoms in total. The molecular weight excluding hydrogens is 162 g/mol. The predicted molar refractivity (Wildman–Crippen MR) is 57.5 cm³/mol. The minimum Gasteiger partial charge on any atom is -0.150 e. The van der Waals surface area contributed by atoms with Gasteiger partial charge >= 0.3 is 0 Å². The van der Waals surface area contributed by atoms with E-state index in [2.05, 4.69) is 18.3 Å². The van der Waals surface area contributed by atoms with Gasteiger partial charge in [0.05, 0.1) is 0 Å². The molecule has 0 radical (unpaired) electrons. The number of nitroso groups, excluding NO2 is 1. The first-order valence-electron chi connectivity index (χ1n) is 4.07. The number of nitrogens with zero attached hydrogens (tertiary/aromatic N) is 1. The summed E-state index contributed by atoms with van der Waals surface area (Å²) in [5.41, 5.74) is 2.85. The summed E-state index contributed by atoms with van der Waals surface area (Å²) in [5.74, 6) is 0. The Balaban J connectivity index is 4.56. The first kappa shape index (κ1) is 11.6. The summed E-state index contributed by atoms with van der Waals surface area (Å²) in [6, 6.07) is 0. The third-order valence-electron chi connectivity index (χ3n) is 1.86. The van der Waals surface area contributed by atoms with Gasteiger partial charge in [0.2, 0.25) is 0 Å². The second kappa shape index (κ2) is 6.12. The van der Waals surface area contributed by atoms with Crippen molar-refractivity contribution in [3.05, 3.63) is 53.0 Å². The van der Waals surface area contributed by atoms with Gasteiger partial charge in [0.25, 0.3) is 0 Å². The van der Waals surface area contributed by atoms with E-state index in [0.717, 1.165) is 16.7 Å². The molecule has 0 aromatic carbocycles. The zero-order valence-electron chi connectivity index (χ0n) is 8.21. The van der Waals surface area contributed by atoms with Gasteiger partial charge in [-0.1, -0.05) is 36.6 Å². The van der Waals surface area contributed by atoms with Crippen LogP contribution in [0, 0.1) is 4.91 Å². The van der Waals surface area contributed by atoms with Gasteiger partial charge in [-0.15, -0.1) is 0 Å². The van der Waals surface area contributed by atoms with E-state index < -0.39 is 0 Å². The summed E-state index contributed by atoms with van der Waals surface area (Å²) in [6.07, 6.45) is 5.36. The topological polar surface area (TPSA) is 29.4 Å². The Labute approximate surface area is 79.3 Å². The molecule has 0 aliphatic carbocycles. The molecule has 13 heavy (non-hydrogen) atoms. The zero-order valence-corrected chi connectivity index (χ0v) is 8.21. The molecule has 2 heteroatoms. The molecule has 0 saturated heterocycles. The van der Waals surface area contributed by atoms with E-state index in [1.807, 2.05) is 26.0 Å². The Morgan fingerprint density at radius 1 is 1.46 bits per heavy atom. The van der Waals surface area contributed by atoms with Crippen LogP contribution < -0.4 is 0 Å². The fourth-order valence-electron chi connectivity index (χ4n) is 0.799. The lowest BCUT2D eigenvalue weighted by Gasteiger charge is -2.03. The highest BCUT2D eigenvalue weighted by Gasteiger charge is 1.98. The van der Waals surface area contributed by atoms with Crippen LogP contribution in [-0.4, -0.2) is 6.54 Å². The number of hydrogen-bond donors (Lipinski definition) is 0. The smallest absolute Gasteiger partial charge is 0.102 e. The van der Waals surface area contributed by atoms with Gasteiger partial charge in [-0.05, 0) is 30.6 Å². The molecule has 0 rings (SSSR count). The zero-order chi connectivity index (χ0) is 10.3. The summed E-state index contributed by atoms with van der Waals surface area (Å²) in [5, 5.41) is 2.83. The average Bonchev–Trinajstić information content (AvgIpc) is 2.13. The van der Waals surface area contributed by atoms with Crippen molar-refractivity contribution >= 4 is 0 Å². The molecule has 0 N–H and O–H groups in total. The van der Waals surface area contributed by atoms with Crippen molar-refractivity contribution in [2.45, 2.75) is 13.8 Å². The molecular formula is C11H15NO. The molecule has 0 aromatic heterocycles. The molecule has 0 amide bonds. The van der Waals surface area contributed by atoms with Gasteiger partial charge in [0, 0.05) is 0 Å². The lowest BCUT2D eigenvalue weighted by Crippen LogP contribution is -1.89. The van der Waals surface area contributed by atoms with Gasteiger partial charge in [0.1, 0.15) is 6.54 Å². The maximum atomic E-state index is 10.0. The van der Waals surface area contributed by atoms with Crippen LogP contribution >= 0.6 is 0 Å². The molecule has 0 unspecified atom stereocenters. The molecule has 70 valence electrons. The van der Waals surface area contributed by atoms with Gasteiger partial charge in [-0.25, -0.2) is 0 Å². The minimum absolute atomic E-state index is 0.229. The summed E-state index contributed by atoms with van der Waals surface area (Å²) < 4.78 is 0. The van der Waals surface area contributed by atoms with Crippen molar-refractivity contribution in [1.29, 1.82) is 0 Å². The van der Waals surface area contributed by atoms with E-state index in [4.69, 9.17) is 0 Å².